The lowest BCUT2D eigenvalue weighted by atomic mass is 10.0. The van der Waals surface area contributed by atoms with Crippen molar-refractivity contribution in [2.45, 2.75) is 12.6 Å². The first-order valence-electron chi connectivity index (χ1n) is 10.1. The van der Waals surface area contributed by atoms with Gasteiger partial charge in [-0.2, -0.15) is 13.2 Å². The number of anilines is 1. The zero-order valence-electron chi connectivity index (χ0n) is 17.8. The van der Waals surface area contributed by atoms with E-state index in [1.54, 1.807) is 30.3 Å². The monoisotopic (exact) mass is 505 g/mol. The highest BCUT2D eigenvalue weighted by Crippen LogP contribution is 2.32. The Bertz CT molecular complexity index is 1190. The molecule has 0 aromatic heterocycles. The number of halogens is 5. The van der Waals surface area contributed by atoms with Gasteiger partial charge >= 0.3 is 6.18 Å². The predicted octanol–water partition coefficient (Wildman–Crippen LogP) is 7.90. The number of carbonyl (C=O) groups is 1. The molecule has 0 saturated carbocycles. The van der Waals surface area contributed by atoms with Crippen LogP contribution in [0.1, 0.15) is 5.56 Å². The smallest absolute Gasteiger partial charge is 0.415 e. The second kappa shape index (κ2) is 11.3. The third-order valence-corrected chi connectivity index (χ3v) is 5.42. The average Bonchev–Trinajstić information content (AvgIpc) is 2.80. The number of hydrogen-bond acceptors (Lipinski definition) is 3. The summed E-state index contributed by atoms with van der Waals surface area (Å²) in [6, 6.07) is 19.4. The van der Waals surface area contributed by atoms with Crippen molar-refractivity contribution in [3.63, 3.8) is 0 Å². The highest BCUT2D eigenvalue weighted by atomic mass is 35.5. The van der Waals surface area contributed by atoms with Crippen molar-refractivity contribution >= 4 is 35.2 Å². The maximum Gasteiger partial charge on any atom is 0.415 e. The number of rotatable bonds is 9. The van der Waals surface area contributed by atoms with Gasteiger partial charge in [0.2, 0.25) is 0 Å². The van der Waals surface area contributed by atoms with E-state index < -0.39 is 11.7 Å². The molecule has 0 heterocycles. The van der Waals surface area contributed by atoms with Gasteiger partial charge in [0.05, 0.1) is 27.0 Å². The number of carbonyl (C=O) groups excluding carboxylic acids is 1. The predicted molar refractivity (Wildman–Crippen MR) is 131 cm³/mol. The first kappa shape index (κ1) is 25.4. The van der Waals surface area contributed by atoms with Crippen LogP contribution in [0.15, 0.2) is 90.7 Å². The van der Waals surface area contributed by atoms with E-state index in [0.717, 1.165) is 29.1 Å². The molecule has 0 spiro atoms. The third kappa shape index (κ3) is 6.89. The molecule has 3 rings (SSSR count). The van der Waals surface area contributed by atoms with Crippen LogP contribution in [0.5, 0.6) is 5.75 Å². The molecule has 0 radical (unpaired) electrons. The van der Waals surface area contributed by atoms with Gasteiger partial charge in [0.25, 0.3) is 0 Å². The first-order chi connectivity index (χ1) is 16.2. The molecule has 0 unspecified atom stereocenters. The second-order valence-corrected chi connectivity index (χ2v) is 8.11. The Morgan fingerprint density at radius 2 is 1.62 bits per heavy atom. The van der Waals surface area contributed by atoms with E-state index in [2.05, 4.69) is 11.9 Å². The number of alkyl halides is 3. The van der Waals surface area contributed by atoms with E-state index >= 15 is 0 Å². The highest BCUT2D eigenvalue weighted by Gasteiger charge is 2.30. The Morgan fingerprint density at radius 1 is 0.971 bits per heavy atom. The molecule has 3 aromatic rings. The van der Waals surface area contributed by atoms with Crippen LogP contribution in [0.3, 0.4) is 0 Å². The van der Waals surface area contributed by atoms with Gasteiger partial charge in [0.15, 0.2) is 0 Å². The van der Waals surface area contributed by atoms with Crippen LogP contribution in [-0.4, -0.2) is 19.1 Å². The molecule has 0 saturated heterocycles. The van der Waals surface area contributed by atoms with E-state index in [1.165, 1.54) is 0 Å². The van der Waals surface area contributed by atoms with Crippen LogP contribution in [0.4, 0.5) is 18.9 Å². The Hall–Kier alpha value is -3.22. The third-order valence-electron chi connectivity index (χ3n) is 4.79. The minimum atomic E-state index is -4.60. The van der Waals surface area contributed by atoms with Crippen molar-refractivity contribution in [1.29, 1.82) is 0 Å². The minimum Gasteiger partial charge on any atom is -0.487 e. The zero-order chi connectivity index (χ0) is 24.7. The van der Waals surface area contributed by atoms with Crippen LogP contribution >= 0.6 is 23.2 Å². The maximum atomic E-state index is 13.1. The molecule has 0 fully saturated rings. The van der Waals surface area contributed by atoms with Gasteiger partial charge in [-0.15, -0.1) is 0 Å². The Balaban J connectivity index is 1.78. The van der Waals surface area contributed by atoms with Crippen molar-refractivity contribution in [2.75, 3.05) is 11.9 Å². The number of benzene rings is 3. The van der Waals surface area contributed by atoms with Crippen molar-refractivity contribution < 1.29 is 22.7 Å². The van der Waals surface area contributed by atoms with Gasteiger partial charge in [-0.1, -0.05) is 72.2 Å². The molecule has 0 aliphatic carbocycles. The summed E-state index contributed by atoms with van der Waals surface area (Å²) < 4.78 is 44.9. The molecule has 34 heavy (non-hydrogen) atoms. The number of hydrogen-bond donors (Lipinski definition) is 1. The van der Waals surface area contributed by atoms with E-state index in [1.807, 2.05) is 36.4 Å². The highest BCUT2D eigenvalue weighted by molar-refractivity contribution is 6.39. The normalized spacial score (nSPS) is 11.7. The van der Waals surface area contributed by atoms with Crippen molar-refractivity contribution in [2.24, 2.45) is 0 Å². The van der Waals surface area contributed by atoms with Gasteiger partial charge in [-0.25, -0.2) is 0 Å². The summed E-state index contributed by atoms with van der Waals surface area (Å²) in [6.07, 6.45) is -2.57. The molecule has 3 aromatic carbocycles. The second-order valence-electron chi connectivity index (χ2n) is 7.30. The average molecular weight is 506 g/mol. The van der Waals surface area contributed by atoms with E-state index in [9.17, 15) is 18.0 Å². The molecule has 8 heteroatoms. The van der Waals surface area contributed by atoms with Crippen LogP contribution in [0.25, 0.3) is 11.1 Å². The molecule has 0 aliphatic rings. The Morgan fingerprint density at radius 3 is 2.24 bits per heavy atom. The molecular weight excluding hydrogens is 486 g/mol. The fraction of sp³-hybridized carbons (Fsp3) is 0.115. The summed E-state index contributed by atoms with van der Waals surface area (Å²) in [5.74, 6) is 0.448. The van der Waals surface area contributed by atoms with Crippen LogP contribution in [0, 0.1) is 0 Å². The molecule has 0 bridgehead atoms. The SMILES string of the molecule is C=C(/C=C(/COc1ccc(-c2cccc(CC=O)c2)cc1)Nc1c(Cl)cccc1Cl)C(F)(F)F. The largest absolute Gasteiger partial charge is 0.487 e. The summed E-state index contributed by atoms with van der Waals surface area (Å²) in [5.41, 5.74) is 2.03. The zero-order valence-corrected chi connectivity index (χ0v) is 19.3. The fourth-order valence-corrected chi connectivity index (χ4v) is 3.55. The number of allylic oxidation sites excluding steroid dienone is 2. The van der Waals surface area contributed by atoms with Gasteiger partial charge in [-0.3, -0.25) is 0 Å². The topological polar surface area (TPSA) is 38.3 Å². The van der Waals surface area contributed by atoms with Crippen molar-refractivity contribution in [3.05, 3.63) is 106 Å². The number of para-hydroxylation sites is 1. The standard InChI is InChI=1S/C26H20Cl2F3NO2/c1-17(26(29,30)31)14-21(32-25-23(27)6-3-7-24(25)28)16-34-22-10-8-19(9-11-22)20-5-2-4-18(15-20)12-13-33/h2-11,13-15,32H,1,12,16H2/b21-14-. The summed E-state index contributed by atoms with van der Waals surface area (Å²) in [5, 5.41) is 3.32. The minimum absolute atomic E-state index is 0.0722. The first-order valence-corrected chi connectivity index (χ1v) is 10.9. The van der Waals surface area contributed by atoms with Gasteiger partial charge < -0.3 is 14.8 Å². The van der Waals surface area contributed by atoms with E-state index in [-0.39, 0.29) is 28.0 Å². The number of aldehydes is 1. The molecule has 0 amide bonds. The molecule has 176 valence electrons. The van der Waals surface area contributed by atoms with E-state index in [0.29, 0.717) is 12.2 Å². The van der Waals surface area contributed by atoms with Gasteiger partial charge in [-0.05, 0) is 47.0 Å². The molecular formula is C26H20Cl2F3NO2. The number of ether oxygens (including phenoxy) is 1. The van der Waals surface area contributed by atoms with Crippen LogP contribution in [0.2, 0.25) is 10.0 Å². The summed E-state index contributed by atoms with van der Waals surface area (Å²) >= 11 is 12.3. The summed E-state index contributed by atoms with van der Waals surface area (Å²) in [6.45, 7) is 2.87. The van der Waals surface area contributed by atoms with E-state index in [4.69, 9.17) is 27.9 Å². The summed E-state index contributed by atoms with van der Waals surface area (Å²) in [7, 11) is 0. The molecule has 0 aliphatic heterocycles. The Labute approximate surface area is 205 Å². The van der Waals surface area contributed by atoms with Crippen LogP contribution < -0.4 is 10.1 Å². The molecule has 3 nitrogen and oxygen atoms in total. The van der Waals surface area contributed by atoms with Crippen molar-refractivity contribution in [3.8, 4) is 16.9 Å². The van der Waals surface area contributed by atoms with Gasteiger partial charge in [0.1, 0.15) is 18.6 Å². The molecule has 0 atom stereocenters. The maximum absolute atomic E-state index is 13.1. The lowest BCUT2D eigenvalue weighted by Crippen LogP contribution is -2.15. The summed E-state index contributed by atoms with van der Waals surface area (Å²) in [4.78, 5) is 10.8. The van der Waals surface area contributed by atoms with Gasteiger partial charge in [0, 0.05) is 6.42 Å². The lowest BCUT2D eigenvalue weighted by molar-refractivity contribution is -0.107. The van der Waals surface area contributed by atoms with Crippen molar-refractivity contribution in [1.82, 2.24) is 0 Å². The number of nitrogens with one attached hydrogen (secondary N) is 1. The fourth-order valence-electron chi connectivity index (χ4n) is 3.06. The lowest BCUT2D eigenvalue weighted by Gasteiger charge is -2.16. The van der Waals surface area contributed by atoms with Crippen LogP contribution in [-0.2, 0) is 11.2 Å². The quantitative estimate of drug-likeness (QED) is 0.237. The Kier molecular flexibility index (Phi) is 8.42. The molecule has 1 N–H and O–H groups in total.